The van der Waals surface area contributed by atoms with Gasteiger partial charge in [0, 0.05) is 13.2 Å². The molecule has 0 amide bonds. The normalized spacial score (nSPS) is 16.9. The van der Waals surface area contributed by atoms with Gasteiger partial charge >= 0.3 is 0 Å². The number of nitrogens with zero attached hydrogens (tertiary/aromatic N) is 2. The van der Waals surface area contributed by atoms with Crippen molar-refractivity contribution in [1.82, 2.24) is 10.2 Å². The second-order valence-electron chi connectivity index (χ2n) is 7.08. The first-order chi connectivity index (χ1) is 14.1. The number of hydrogen-bond donors (Lipinski definition) is 0. The van der Waals surface area contributed by atoms with Crippen molar-refractivity contribution in [3.63, 3.8) is 0 Å². The Balaban J connectivity index is 1.60. The Morgan fingerprint density at radius 2 is 1.62 bits per heavy atom. The van der Waals surface area contributed by atoms with Crippen molar-refractivity contribution in [3.8, 4) is 11.5 Å². The van der Waals surface area contributed by atoms with Crippen LogP contribution in [0.1, 0.15) is 43.2 Å². The van der Waals surface area contributed by atoms with Gasteiger partial charge in [-0.2, -0.15) is 0 Å². The summed E-state index contributed by atoms with van der Waals surface area (Å²) in [6.45, 7) is 3.06. The van der Waals surface area contributed by atoms with E-state index in [1.807, 2.05) is 31.2 Å². The molecule has 1 aliphatic heterocycles. The molecule has 1 atom stereocenters. The smallest absolute Gasteiger partial charge is 0.256 e. The second kappa shape index (κ2) is 8.21. The molecule has 0 unspecified atom stereocenters. The maximum Gasteiger partial charge on any atom is 0.256 e. The molecule has 0 spiro atoms. The minimum absolute atomic E-state index is 0.314. The molecule has 2 aromatic carbocycles. The van der Waals surface area contributed by atoms with E-state index < -0.39 is 11.5 Å². The fraction of sp³-hybridized carbons (Fsp3) is 0.364. The molecule has 0 aliphatic carbocycles. The molecular weight excluding hydrogens is 375 g/mol. The molecule has 4 rings (SSSR count). The standard InChI is InChI=1S/C22H23FN2O4/c1-15(28-19-9-5-17(23)6-10-19)20-24-25-21(29-20)22(11-13-27-14-12-22)16-3-7-18(26-2)8-4-16/h3-10,15H,11-14H2,1-2H3/t15-/m0/s1. The number of ether oxygens (including phenoxy) is 3. The summed E-state index contributed by atoms with van der Waals surface area (Å²) < 4.78 is 35.9. The summed E-state index contributed by atoms with van der Waals surface area (Å²) in [4.78, 5) is 0. The number of methoxy groups -OCH3 is 1. The van der Waals surface area contributed by atoms with Gasteiger partial charge < -0.3 is 18.6 Å². The van der Waals surface area contributed by atoms with Gasteiger partial charge in [-0.25, -0.2) is 4.39 Å². The Kier molecular flexibility index (Phi) is 5.49. The van der Waals surface area contributed by atoms with Gasteiger partial charge in [0.15, 0.2) is 6.10 Å². The summed E-state index contributed by atoms with van der Waals surface area (Å²) in [5.41, 5.74) is 0.676. The lowest BCUT2D eigenvalue weighted by atomic mass is 9.74. The van der Waals surface area contributed by atoms with Crippen molar-refractivity contribution >= 4 is 0 Å². The van der Waals surface area contributed by atoms with Gasteiger partial charge in [0.1, 0.15) is 17.3 Å². The van der Waals surface area contributed by atoms with Crippen LogP contribution in [0.4, 0.5) is 4.39 Å². The highest BCUT2D eigenvalue weighted by Crippen LogP contribution is 2.41. The predicted molar refractivity (Wildman–Crippen MR) is 104 cm³/mol. The van der Waals surface area contributed by atoms with E-state index in [4.69, 9.17) is 18.6 Å². The Hall–Kier alpha value is -2.93. The Morgan fingerprint density at radius 1 is 0.966 bits per heavy atom. The van der Waals surface area contributed by atoms with Crippen molar-refractivity contribution in [3.05, 3.63) is 71.7 Å². The van der Waals surface area contributed by atoms with Crippen LogP contribution in [0.3, 0.4) is 0 Å². The van der Waals surface area contributed by atoms with E-state index in [9.17, 15) is 4.39 Å². The summed E-state index contributed by atoms with van der Waals surface area (Å²) in [5, 5.41) is 8.59. The average molecular weight is 398 g/mol. The number of aromatic nitrogens is 2. The lowest BCUT2D eigenvalue weighted by molar-refractivity contribution is 0.0530. The summed E-state index contributed by atoms with van der Waals surface area (Å²) in [5.74, 6) is 1.95. The van der Waals surface area contributed by atoms with Crippen LogP contribution in [0.2, 0.25) is 0 Å². The minimum atomic E-state index is -0.463. The topological polar surface area (TPSA) is 66.6 Å². The Labute approximate surface area is 168 Å². The third kappa shape index (κ3) is 3.96. The van der Waals surface area contributed by atoms with Crippen LogP contribution in [0.15, 0.2) is 52.9 Å². The molecule has 0 bridgehead atoms. The van der Waals surface area contributed by atoms with Crippen molar-refractivity contribution in [2.75, 3.05) is 20.3 Å². The van der Waals surface area contributed by atoms with E-state index in [2.05, 4.69) is 10.2 Å². The lowest BCUT2D eigenvalue weighted by Gasteiger charge is -2.34. The molecule has 6 nitrogen and oxygen atoms in total. The molecule has 3 aromatic rings. The Morgan fingerprint density at radius 3 is 2.28 bits per heavy atom. The summed E-state index contributed by atoms with van der Waals surface area (Å²) in [6, 6.07) is 13.8. The highest BCUT2D eigenvalue weighted by atomic mass is 19.1. The first kappa shape index (κ1) is 19.4. The van der Waals surface area contributed by atoms with Gasteiger partial charge in [0.05, 0.1) is 12.5 Å². The van der Waals surface area contributed by atoms with E-state index in [0.717, 1.165) is 24.2 Å². The highest BCUT2D eigenvalue weighted by Gasteiger charge is 2.41. The zero-order chi connectivity index (χ0) is 20.3. The SMILES string of the molecule is COc1ccc(C2(c3nnc([C@H](C)Oc4ccc(F)cc4)o3)CCOCC2)cc1. The predicted octanol–water partition coefficient (Wildman–Crippen LogP) is 4.45. The molecule has 1 aliphatic rings. The van der Waals surface area contributed by atoms with Crippen molar-refractivity contribution in [2.24, 2.45) is 0 Å². The first-order valence-electron chi connectivity index (χ1n) is 9.59. The third-order valence-electron chi connectivity index (χ3n) is 5.31. The van der Waals surface area contributed by atoms with E-state index in [-0.39, 0.29) is 5.82 Å². The number of rotatable bonds is 6. The average Bonchev–Trinajstić information content (AvgIpc) is 3.27. The maximum atomic E-state index is 13.1. The largest absolute Gasteiger partial charge is 0.497 e. The van der Waals surface area contributed by atoms with Crippen LogP contribution in [0.25, 0.3) is 0 Å². The fourth-order valence-electron chi connectivity index (χ4n) is 3.62. The van der Waals surface area contributed by atoms with Crippen molar-refractivity contribution in [1.29, 1.82) is 0 Å². The first-order valence-corrected chi connectivity index (χ1v) is 9.59. The molecule has 0 saturated carbocycles. The van der Waals surface area contributed by atoms with E-state index >= 15 is 0 Å². The zero-order valence-corrected chi connectivity index (χ0v) is 16.4. The number of benzene rings is 2. The molecule has 0 radical (unpaired) electrons. The summed E-state index contributed by atoms with van der Waals surface area (Å²) in [6.07, 6.45) is 1.02. The molecule has 152 valence electrons. The summed E-state index contributed by atoms with van der Waals surface area (Å²) >= 11 is 0. The van der Waals surface area contributed by atoms with Gasteiger partial charge in [-0.15, -0.1) is 10.2 Å². The quantitative estimate of drug-likeness (QED) is 0.611. The molecule has 7 heteroatoms. The van der Waals surface area contributed by atoms with Gasteiger partial charge in [-0.1, -0.05) is 12.1 Å². The number of hydrogen-bond acceptors (Lipinski definition) is 6. The van der Waals surface area contributed by atoms with Gasteiger partial charge in [-0.05, 0) is 61.7 Å². The molecule has 1 saturated heterocycles. The zero-order valence-electron chi connectivity index (χ0n) is 16.4. The molecule has 29 heavy (non-hydrogen) atoms. The van der Waals surface area contributed by atoms with Gasteiger partial charge in [0.25, 0.3) is 5.89 Å². The van der Waals surface area contributed by atoms with E-state index in [0.29, 0.717) is 30.7 Å². The van der Waals surface area contributed by atoms with Crippen LogP contribution >= 0.6 is 0 Å². The second-order valence-corrected chi connectivity index (χ2v) is 7.08. The molecule has 1 aromatic heterocycles. The van der Waals surface area contributed by atoms with Crippen LogP contribution in [0, 0.1) is 5.82 Å². The lowest BCUT2D eigenvalue weighted by Crippen LogP contribution is -2.35. The van der Waals surface area contributed by atoms with Gasteiger partial charge in [-0.3, -0.25) is 0 Å². The van der Waals surface area contributed by atoms with Crippen LogP contribution in [0.5, 0.6) is 11.5 Å². The number of halogens is 1. The van der Waals surface area contributed by atoms with Crippen LogP contribution in [-0.2, 0) is 10.2 Å². The monoisotopic (exact) mass is 398 g/mol. The molecule has 0 N–H and O–H groups in total. The fourth-order valence-corrected chi connectivity index (χ4v) is 3.62. The van der Waals surface area contributed by atoms with Crippen molar-refractivity contribution < 1.29 is 23.0 Å². The summed E-state index contributed by atoms with van der Waals surface area (Å²) in [7, 11) is 1.64. The highest BCUT2D eigenvalue weighted by molar-refractivity contribution is 5.37. The van der Waals surface area contributed by atoms with Crippen LogP contribution in [-0.4, -0.2) is 30.5 Å². The molecular formula is C22H23FN2O4. The van der Waals surface area contributed by atoms with Gasteiger partial charge in [0.2, 0.25) is 5.89 Å². The van der Waals surface area contributed by atoms with Crippen molar-refractivity contribution in [2.45, 2.75) is 31.3 Å². The molecule has 2 heterocycles. The van der Waals surface area contributed by atoms with E-state index in [1.54, 1.807) is 19.2 Å². The maximum absolute atomic E-state index is 13.1. The third-order valence-corrected chi connectivity index (χ3v) is 5.31. The van der Waals surface area contributed by atoms with E-state index in [1.165, 1.54) is 12.1 Å². The van der Waals surface area contributed by atoms with Crippen LogP contribution < -0.4 is 9.47 Å². The Bertz CT molecular complexity index is 934. The minimum Gasteiger partial charge on any atom is -0.497 e. The molecule has 1 fully saturated rings.